The average Bonchev–Trinajstić information content (AvgIpc) is 2.85. The number of phenolic OH excluding ortho intramolecular Hbond substituents is 1. The van der Waals surface area contributed by atoms with Gasteiger partial charge in [0.15, 0.2) is 0 Å². The second kappa shape index (κ2) is 4.63. The molecule has 0 unspecified atom stereocenters. The summed E-state index contributed by atoms with van der Waals surface area (Å²) in [5.41, 5.74) is 0.773. The van der Waals surface area contributed by atoms with Crippen molar-refractivity contribution in [2.24, 2.45) is 0 Å². The maximum atomic E-state index is 11.4. The number of rotatable bonds is 2. The number of methoxy groups -OCH3 is 1. The van der Waals surface area contributed by atoms with Gasteiger partial charge in [0.25, 0.3) is 0 Å². The molecule has 0 saturated heterocycles. The summed E-state index contributed by atoms with van der Waals surface area (Å²) in [6.07, 6.45) is 1.53. The Morgan fingerprint density at radius 3 is 2.76 bits per heavy atom. The van der Waals surface area contributed by atoms with E-state index in [0.717, 1.165) is 0 Å². The lowest BCUT2D eigenvalue weighted by Gasteiger charge is -2.07. The Morgan fingerprint density at radius 1 is 1.41 bits per heavy atom. The molecule has 2 rings (SSSR count). The van der Waals surface area contributed by atoms with Gasteiger partial charge in [-0.3, -0.25) is 0 Å². The molecule has 1 heterocycles. The fraction of sp³-hybridized carbons (Fsp3) is 0.0833. The van der Waals surface area contributed by atoms with Gasteiger partial charge >= 0.3 is 5.97 Å². The first-order valence-corrected chi connectivity index (χ1v) is 5.58. The molecule has 0 saturated carbocycles. The van der Waals surface area contributed by atoms with Crippen LogP contribution in [0.2, 0.25) is 0 Å². The normalized spacial score (nSPS) is 10.2. The number of furan rings is 1. The molecule has 0 radical (unpaired) electrons. The van der Waals surface area contributed by atoms with Crippen molar-refractivity contribution in [1.82, 2.24) is 0 Å². The predicted molar refractivity (Wildman–Crippen MR) is 64.8 cm³/mol. The molecule has 17 heavy (non-hydrogen) atoms. The van der Waals surface area contributed by atoms with Gasteiger partial charge in [-0.15, -0.1) is 0 Å². The second-order valence-electron chi connectivity index (χ2n) is 3.29. The lowest BCUT2D eigenvalue weighted by atomic mass is 10.1. The SMILES string of the molecule is COC(=O)c1ccc(-c2ccco2)c(Br)c1O. The van der Waals surface area contributed by atoms with E-state index in [1.54, 1.807) is 18.2 Å². The Labute approximate surface area is 106 Å². The Kier molecular flexibility index (Phi) is 3.19. The Morgan fingerprint density at radius 2 is 2.18 bits per heavy atom. The molecule has 0 fully saturated rings. The van der Waals surface area contributed by atoms with Crippen molar-refractivity contribution in [1.29, 1.82) is 0 Å². The third-order valence-corrected chi connectivity index (χ3v) is 3.11. The van der Waals surface area contributed by atoms with E-state index in [1.807, 2.05) is 0 Å². The average molecular weight is 297 g/mol. The number of benzene rings is 1. The minimum Gasteiger partial charge on any atom is -0.506 e. The minimum absolute atomic E-state index is 0.106. The second-order valence-corrected chi connectivity index (χ2v) is 4.09. The Bertz CT molecular complexity index is 546. The first-order chi connectivity index (χ1) is 8.15. The molecule has 1 aromatic heterocycles. The number of carbonyl (C=O) groups excluding carboxylic acids is 1. The first kappa shape index (κ1) is 11.7. The summed E-state index contributed by atoms with van der Waals surface area (Å²) in [4.78, 5) is 11.4. The molecular weight excluding hydrogens is 288 g/mol. The van der Waals surface area contributed by atoms with Crippen molar-refractivity contribution in [3.05, 3.63) is 40.6 Å². The molecule has 0 bridgehead atoms. The highest BCUT2D eigenvalue weighted by Gasteiger charge is 2.18. The predicted octanol–water partition coefficient (Wildman–Crippen LogP) is 3.20. The highest BCUT2D eigenvalue weighted by molar-refractivity contribution is 9.10. The highest BCUT2D eigenvalue weighted by atomic mass is 79.9. The molecule has 0 amide bonds. The summed E-state index contributed by atoms with van der Waals surface area (Å²) >= 11 is 3.23. The van der Waals surface area contributed by atoms with E-state index >= 15 is 0 Å². The lowest BCUT2D eigenvalue weighted by molar-refractivity contribution is 0.0597. The fourth-order valence-electron chi connectivity index (χ4n) is 1.46. The minimum atomic E-state index is -0.589. The summed E-state index contributed by atoms with van der Waals surface area (Å²) in [5.74, 6) is -0.150. The van der Waals surface area contributed by atoms with E-state index in [0.29, 0.717) is 15.8 Å². The van der Waals surface area contributed by atoms with E-state index in [-0.39, 0.29) is 11.3 Å². The van der Waals surface area contributed by atoms with Crippen LogP contribution >= 0.6 is 15.9 Å². The zero-order chi connectivity index (χ0) is 12.4. The summed E-state index contributed by atoms with van der Waals surface area (Å²) in [7, 11) is 1.26. The Balaban J connectivity index is 2.54. The summed E-state index contributed by atoms with van der Waals surface area (Å²) in [5, 5.41) is 9.89. The van der Waals surface area contributed by atoms with E-state index < -0.39 is 5.97 Å². The molecule has 1 aromatic carbocycles. The van der Waals surface area contributed by atoms with E-state index in [1.165, 1.54) is 19.4 Å². The molecule has 0 aliphatic rings. The number of esters is 1. The standard InChI is InChI=1S/C12H9BrO4/c1-16-12(15)8-5-4-7(10(13)11(8)14)9-3-2-6-17-9/h2-6,14H,1H3. The number of hydrogen-bond donors (Lipinski definition) is 1. The van der Waals surface area contributed by atoms with E-state index in [2.05, 4.69) is 20.7 Å². The van der Waals surface area contributed by atoms with Gasteiger partial charge in [0.05, 0.1) is 17.8 Å². The zero-order valence-electron chi connectivity index (χ0n) is 8.94. The first-order valence-electron chi connectivity index (χ1n) is 4.78. The van der Waals surface area contributed by atoms with Gasteiger partial charge in [0, 0.05) is 5.56 Å². The quantitative estimate of drug-likeness (QED) is 0.865. The maximum Gasteiger partial charge on any atom is 0.341 e. The summed E-state index contributed by atoms with van der Waals surface area (Å²) in [6, 6.07) is 6.67. The maximum absolute atomic E-state index is 11.4. The smallest absolute Gasteiger partial charge is 0.341 e. The van der Waals surface area contributed by atoms with Crippen LogP contribution in [-0.2, 0) is 4.74 Å². The van der Waals surface area contributed by atoms with E-state index in [4.69, 9.17) is 4.42 Å². The monoisotopic (exact) mass is 296 g/mol. The van der Waals surface area contributed by atoms with Crippen LogP contribution in [0.15, 0.2) is 39.4 Å². The number of halogens is 1. The molecule has 0 spiro atoms. The molecule has 0 atom stereocenters. The van der Waals surface area contributed by atoms with Gasteiger partial charge in [-0.2, -0.15) is 0 Å². The van der Waals surface area contributed by atoms with Crippen molar-refractivity contribution < 1.29 is 19.1 Å². The third kappa shape index (κ3) is 2.06. The highest BCUT2D eigenvalue weighted by Crippen LogP contribution is 2.37. The van der Waals surface area contributed by atoms with Crippen molar-refractivity contribution in [2.45, 2.75) is 0 Å². The Hall–Kier alpha value is -1.75. The van der Waals surface area contributed by atoms with E-state index in [9.17, 15) is 9.90 Å². The largest absolute Gasteiger partial charge is 0.506 e. The number of ether oxygens (including phenoxy) is 1. The van der Waals surface area contributed by atoms with Crippen molar-refractivity contribution >= 4 is 21.9 Å². The van der Waals surface area contributed by atoms with Gasteiger partial charge in [0.2, 0.25) is 0 Å². The van der Waals surface area contributed by atoms with Crippen LogP contribution in [0, 0.1) is 0 Å². The van der Waals surface area contributed by atoms with Gasteiger partial charge in [-0.25, -0.2) is 4.79 Å². The number of phenols is 1. The molecule has 2 aromatic rings. The van der Waals surface area contributed by atoms with Gasteiger partial charge in [-0.1, -0.05) is 0 Å². The fourth-order valence-corrected chi connectivity index (χ4v) is 2.00. The molecule has 0 aliphatic carbocycles. The van der Waals surface area contributed by atoms with Crippen LogP contribution < -0.4 is 0 Å². The van der Waals surface area contributed by atoms with Crippen LogP contribution in [0.3, 0.4) is 0 Å². The number of hydrogen-bond acceptors (Lipinski definition) is 4. The summed E-state index contributed by atoms with van der Waals surface area (Å²) in [6.45, 7) is 0. The molecule has 88 valence electrons. The van der Waals surface area contributed by atoms with Crippen molar-refractivity contribution in [2.75, 3.05) is 7.11 Å². The van der Waals surface area contributed by atoms with Gasteiger partial charge < -0.3 is 14.3 Å². The van der Waals surface area contributed by atoms with Crippen LogP contribution in [0.5, 0.6) is 5.75 Å². The zero-order valence-corrected chi connectivity index (χ0v) is 10.5. The molecule has 0 aliphatic heterocycles. The molecule has 1 N–H and O–H groups in total. The molecule has 4 nitrogen and oxygen atoms in total. The lowest BCUT2D eigenvalue weighted by Crippen LogP contribution is -2.01. The topological polar surface area (TPSA) is 59.7 Å². The van der Waals surface area contributed by atoms with Crippen LogP contribution in [0.25, 0.3) is 11.3 Å². The molecular formula is C12H9BrO4. The van der Waals surface area contributed by atoms with Crippen LogP contribution in [-0.4, -0.2) is 18.2 Å². The van der Waals surface area contributed by atoms with Crippen molar-refractivity contribution in [3.8, 4) is 17.1 Å². The van der Waals surface area contributed by atoms with Crippen LogP contribution in [0.1, 0.15) is 10.4 Å². The van der Waals surface area contributed by atoms with Crippen LogP contribution in [0.4, 0.5) is 0 Å². The molecule has 5 heteroatoms. The third-order valence-electron chi connectivity index (χ3n) is 2.31. The summed E-state index contributed by atoms with van der Waals surface area (Å²) < 4.78 is 10.2. The van der Waals surface area contributed by atoms with Gasteiger partial charge in [-0.05, 0) is 40.2 Å². The van der Waals surface area contributed by atoms with Gasteiger partial charge in [0.1, 0.15) is 17.1 Å². The number of carbonyl (C=O) groups is 1. The number of aromatic hydroxyl groups is 1. The van der Waals surface area contributed by atoms with Crippen molar-refractivity contribution in [3.63, 3.8) is 0 Å².